The third-order valence-corrected chi connectivity index (χ3v) is 5.35. The minimum atomic E-state index is -0.0509. The van der Waals surface area contributed by atoms with Crippen LogP contribution in [-0.4, -0.2) is 32.5 Å². The first kappa shape index (κ1) is 23.7. The summed E-state index contributed by atoms with van der Waals surface area (Å²) in [4.78, 5) is 20.6. The molecule has 0 atom stereocenters. The maximum atomic E-state index is 10.2. The van der Waals surface area contributed by atoms with E-state index in [4.69, 9.17) is 0 Å². The van der Waals surface area contributed by atoms with Gasteiger partial charge in [-0.15, -0.1) is 0 Å². The van der Waals surface area contributed by atoms with Gasteiger partial charge >= 0.3 is 0 Å². The summed E-state index contributed by atoms with van der Waals surface area (Å²) in [6.45, 7) is 0.332. The predicted octanol–water partition coefficient (Wildman–Crippen LogP) is 5.56. The number of pyridine rings is 1. The number of amides is 1. The van der Waals surface area contributed by atoms with E-state index in [1.807, 2.05) is 67.1 Å². The van der Waals surface area contributed by atoms with Crippen LogP contribution in [0.1, 0.15) is 0 Å². The van der Waals surface area contributed by atoms with Crippen LogP contribution >= 0.6 is 12.2 Å². The van der Waals surface area contributed by atoms with Gasteiger partial charge in [0.15, 0.2) is 5.11 Å². The van der Waals surface area contributed by atoms with Crippen molar-refractivity contribution < 1.29 is 4.79 Å². The largest absolute Gasteiger partial charge is 0.361 e. The lowest BCUT2D eigenvalue weighted by molar-refractivity contribution is -0.117. The molecule has 3 aromatic carbocycles. The van der Waals surface area contributed by atoms with Crippen molar-refractivity contribution in [2.24, 2.45) is 0 Å². The Morgan fingerprint density at radius 2 is 1.20 bits per heavy atom. The highest BCUT2D eigenvalue weighted by Gasteiger charge is 2.10. The van der Waals surface area contributed by atoms with Crippen LogP contribution in [0.2, 0.25) is 0 Å². The Hall–Kier alpha value is -4.49. The summed E-state index contributed by atoms with van der Waals surface area (Å²) in [6.07, 6.45) is 5.71. The van der Waals surface area contributed by atoms with Crippen molar-refractivity contribution in [2.75, 3.05) is 6.54 Å². The molecule has 6 aromatic rings. The Kier molecular flexibility index (Phi) is 8.18. The van der Waals surface area contributed by atoms with E-state index in [0.29, 0.717) is 11.7 Å². The SMILES string of the molecule is O=C1CNC(=S)N1.c1ccc2[nH]ccc2c1.c1ccc2[nH]ccc2c1.c1ccc2ncccc2c1. The van der Waals surface area contributed by atoms with Gasteiger partial charge in [0.25, 0.3) is 0 Å². The van der Waals surface area contributed by atoms with E-state index in [-0.39, 0.29) is 5.91 Å². The molecule has 7 rings (SSSR count). The van der Waals surface area contributed by atoms with Crippen molar-refractivity contribution in [1.82, 2.24) is 25.6 Å². The number of hydrogen-bond acceptors (Lipinski definition) is 3. The lowest BCUT2D eigenvalue weighted by Gasteiger charge is -1.91. The highest BCUT2D eigenvalue weighted by atomic mass is 32.1. The molecule has 7 heteroatoms. The fraction of sp³-hybridized carbons (Fsp3) is 0.0357. The molecular weight excluding hydrogens is 454 g/mol. The number of H-pyrrole nitrogens is 2. The van der Waals surface area contributed by atoms with E-state index in [1.165, 1.54) is 27.2 Å². The van der Waals surface area contributed by atoms with Gasteiger partial charge < -0.3 is 20.6 Å². The molecule has 4 heterocycles. The summed E-state index contributed by atoms with van der Waals surface area (Å²) in [7, 11) is 0. The third kappa shape index (κ3) is 6.99. The zero-order chi connectivity index (χ0) is 24.3. The fourth-order valence-electron chi connectivity index (χ4n) is 3.38. The van der Waals surface area contributed by atoms with Crippen molar-refractivity contribution in [3.8, 4) is 0 Å². The Morgan fingerprint density at radius 3 is 1.69 bits per heavy atom. The van der Waals surface area contributed by atoms with E-state index < -0.39 is 0 Å². The van der Waals surface area contributed by atoms with Gasteiger partial charge in [-0.05, 0) is 59.4 Å². The minimum absolute atomic E-state index is 0.0509. The lowest BCUT2D eigenvalue weighted by Crippen LogP contribution is -2.21. The topological polar surface area (TPSA) is 85.6 Å². The summed E-state index contributed by atoms with van der Waals surface area (Å²) in [5, 5.41) is 9.22. The summed E-state index contributed by atoms with van der Waals surface area (Å²) < 4.78 is 0. The van der Waals surface area contributed by atoms with Crippen LogP contribution < -0.4 is 10.6 Å². The van der Waals surface area contributed by atoms with Crippen LogP contribution in [0.25, 0.3) is 32.7 Å². The van der Waals surface area contributed by atoms with Gasteiger partial charge in [0.05, 0.1) is 12.1 Å². The van der Waals surface area contributed by atoms with Gasteiger partial charge in [0, 0.05) is 35.0 Å². The average Bonchev–Trinajstić information content (AvgIpc) is 3.66. The number of nitrogens with zero attached hydrogens (tertiary/aromatic N) is 1. The van der Waals surface area contributed by atoms with E-state index >= 15 is 0 Å². The molecule has 1 fully saturated rings. The number of nitrogens with one attached hydrogen (secondary N) is 4. The van der Waals surface area contributed by atoms with Crippen molar-refractivity contribution >= 4 is 55.9 Å². The highest BCUT2D eigenvalue weighted by molar-refractivity contribution is 7.80. The number of benzene rings is 3. The van der Waals surface area contributed by atoms with Crippen LogP contribution in [0.4, 0.5) is 0 Å². The standard InChI is InChI=1S/C9H7N.2C8H7N.C3H4N2OS/c1-2-6-9-8(4-1)5-3-7-10-9;2*1-2-4-8-7(3-1)5-6-9-8;6-2-1-4-3(7)5-2/h1-7H;2*1-6,9H;1H2,(H2,4,5,6,7). The second-order valence-corrected chi connectivity index (χ2v) is 7.97. The number of fused-ring (bicyclic) bond motifs is 3. The number of thiocarbonyl (C=S) groups is 1. The molecule has 0 unspecified atom stereocenters. The molecule has 1 aliphatic heterocycles. The van der Waals surface area contributed by atoms with Gasteiger partial charge in [-0.3, -0.25) is 9.78 Å². The molecule has 0 spiro atoms. The Morgan fingerprint density at radius 1 is 0.657 bits per heavy atom. The first-order valence-electron chi connectivity index (χ1n) is 11.1. The lowest BCUT2D eigenvalue weighted by atomic mass is 10.2. The smallest absolute Gasteiger partial charge is 0.245 e. The Balaban J connectivity index is 0.000000111. The fourth-order valence-corrected chi connectivity index (χ4v) is 3.57. The molecule has 0 saturated carbocycles. The molecule has 0 radical (unpaired) electrons. The Bertz CT molecular complexity index is 1330. The van der Waals surface area contributed by atoms with Crippen LogP contribution in [0, 0.1) is 0 Å². The van der Waals surface area contributed by atoms with Gasteiger partial charge in [0.2, 0.25) is 5.91 Å². The molecule has 0 bridgehead atoms. The molecule has 35 heavy (non-hydrogen) atoms. The molecule has 6 nitrogen and oxygen atoms in total. The summed E-state index contributed by atoms with van der Waals surface area (Å²) in [6, 6.07) is 32.7. The highest BCUT2D eigenvalue weighted by Crippen LogP contribution is 2.10. The van der Waals surface area contributed by atoms with Crippen molar-refractivity contribution in [3.63, 3.8) is 0 Å². The number of aromatic nitrogens is 3. The predicted molar refractivity (Wildman–Crippen MR) is 147 cm³/mol. The maximum absolute atomic E-state index is 10.2. The van der Waals surface area contributed by atoms with Crippen LogP contribution in [0.15, 0.2) is 116 Å². The molecule has 3 aromatic heterocycles. The zero-order valence-electron chi connectivity index (χ0n) is 18.9. The number of carbonyl (C=O) groups is 1. The number of aromatic amines is 2. The number of carbonyl (C=O) groups excluding carboxylic acids is 1. The average molecular weight is 480 g/mol. The van der Waals surface area contributed by atoms with Crippen molar-refractivity contribution in [3.05, 3.63) is 116 Å². The van der Waals surface area contributed by atoms with Crippen molar-refractivity contribution in [2.45, 2.75) is 0 Å². The molecule has 174 valence electrons. The number of hydrogen-bond donors (Lipinski definition) is 4. The van der Waals surface area contributed by atoms with Crippen molar-refractivity contribution in [1.29, 1.82) is 0 Å². The normalized spacial score (nSPS) is 11.9. The quantitative estimate of drug-likeness (QED) is 0.215. The molecular formula is C28H25N5OS. The molecule has 1 saturated heterocycles. The first-order valence-corrected chi connectivity index (χ1v) is 11.5. The van der Waals surface area contributed by atoms with Gasteiger partial charge in [-0.1, -0.05) is 60.7 Å². The van der Waals surface area contributed by atoms with Crippen LogP contribution in [0.5, 0.6) is 0 Å². The monoisotopic (exact) mass is 479 g/mol. The van der Waals surface area contributed by atoms with E-state index in [9.17, 15) is 4.79 Å². The van der Waals surface area contributed by atoms with Gasteiger partial charge in [-0.25, -0.2) is 0 Å². The van der Waals surface area contributed by atoms with Gasteiger partial charge in [0.1, 0.15) is 0 Å². The second-order valence-electron chi connectivity index (χ2n) is 7.56. The van der Waals surface area contributed by atoms with E-state index in [1.54, 1.807) is 0 Å². The molecule has 1 aliphatic rings. The minimum Gasteiger partial charge on any atom is -0.361 e. The first-order chi connectivity index (χ1) is 17.2. The third-order valence-electron chi connectivity index (χ3n) is 5.10. The number of para-hydroxylation sites is 3. The summed E-state index contributed by atoms with van der Waals surface area (Å²) in [5.74, 6) is -0.0509. The van der Waals surface area contributed by atoms with E-state index in [0.717, 1.165) is 5.52 Å². The van der Waals surface area contributed by atoms with Gasteiger partial charge in [-0.2, -0.15) is 0 Å². The van der Waals surface area contributed by atoms with Crippen LogP contribution in [-0.2, 0) is 4.79 Å². The summed E-state index contributed by atoms with van der Waals surface area (Å²) >= 11 is 4.55. The molecule has 4 N–H and O–H groups in total. The molecule has 1 amide bonds. The Labute approximate surface area is 208 Å². The summed E-state index contributed by atoms with van der Waals surface area (Å²) in [5.41, 5.74) is 3.47. The number of rotatable bonds is 0. The maximum Gasteiger partial charge on any atom is 0.245 e. The molecule has 0 aliphatic carbocycles. The second kappa shape index (κ2) is 12.1. The zero-order valence-corrected chi connectivity index (χ0v) is 19.8. The van der Waals surface area contributed by atoms with E-state index in [2.05, 4.69) is 86.3 Å². The van der Waals surface area contributed by atoms with Crippen LogP contribution in [0.3, 0.4) is 0 Å².